The lowest BCUT2D eigenvalue weighted by Crippen LogP contribution is -2.39. The standard InChI is InChI=1S/C12H19N3O2/c1-3-5-9-8-10(15-14-9)13-11(16)12(2)6-4-7-17-12/h8H,3-7H2,1-2H3,(H2,13,14,15,16). The van der Waals surface area contributed by atoms with Crippen molar-refractivity contribution in [3.63, 3.8) is 0 Å². The molecule has 1 aromatic rings. The summed E-state index contributed by atoms with van der Waals surface area (Å²) < 4.78 is 5.48. The Morgan fingerprint density at radius 2 is 2.53 bits per heavy atom. The molecule has 1 aliphatic rings. The summed E-state index contributed by atoms with van der Waals surface area (Å²) in [5, 5.41) is 9.77. The van der Waals surface area contributed by atoms with Crippen LogP contribution >= 0.6 is 0 Å². The number of H-pyrrole nitrogens is 1. The lowest BCUT2D eigenvalue weighted by atomic mass is 10.0. The number of hydrogen-bond donors (Lipinski definition) is 2. The van der Waals surface area contributed by atoms with Gasteiger partial charge in [0.05, 0.1) is 0 Å². The summed E-state index contributed by atoms with van der Waals surface area (Å²) in [6.45, 7) is 4.59. The first kappa shape index (κ1) is 12.1. The molecule has 2 heterocycles. The first-order valence-electron chi connectivity index (χ1n) is 6.14. The van der Waals surface area contributed by atoms with E-state index in [1.54, 1.807) is 0 Å². The van der Waals surface area contributed by atoms with E-state index in [9.17, 15) is 4.79 Å². The van der Waals surface area contributed by atoms with Crippen LogP contribution in [0, 0.1) is 0 Å². The van der Waals surface area contributed by atoms with E-state index < -0.39 is 5.60 Å². The number of nitrogens with one attached hydrogen (secondary N) is 2. The number of carbonyl (C=O) groups excluding carboxylic acids is 1. The highest BCUT2D eigenvalue weighted by atomic mass is 16.5. The first-order valence-corrected chi connectivity index (χ1v) is 6.14. The topological polar surface area (TPSA) is 67.0 Å². The van der Waals surface area contributed by atoms with Crippen LogP contribution in [-0.2, 0) is 16.0 Å². The van der Waals surface area contributed by atoms with Crippen LogP contribution in [0.2, 0.25) is 0 Å². The molecule has 0 spiro atoms. The Morgan fingerprint density at radius 1 is 1.71 bits per heavy atom. The first-order chi connectivity index (χ1) is 8.14. The van der Waals surface area contributed by atoms with Crippen LogP contribution in [0.15, 0.2) is 6.07 Å². The zero-order valence-corrected chi connectivity index (χ0v) is 10.4. The third kappa shape index (κ3) is 2.66. The Labute approximate surface area is 101 Å². The van der Waals surface area contributed by atoms with Gasteiger partial charge in [0.2, 0.25) is 0 Å². The van der Waals surface area contributed by atoms with E-state index >= 15 is 0 Å². The fraction of sp³-hybridized carbons (Fsp3) is 0.667. The number of amides is 1. The van der Waals surface area contributed by atoms with Gasteiger partial charge < -0.3 is 10.1 Å². The Morgan fingerprint density at radius 3 is 3.18 bits per heavy atom. The minimum atomic E-state index is -0.691. The molecular formula is C12H19N3O2. The van der Waals surface area contributed by atoms with Crippen molar-refractivity contribution in [1.29, 1.82) is 0 Å². The van der Waals surface area contributed by atoms with Crippen LogP contribution in [0.1, 0.15) is 38.8 Å². The van der Waals surface area contributed by atoms with Gasteiger partial charge in [-0.2, -0.15) is 5.10 Å². The number of nitrogens with zero attached hydrogens (tertiary/aromatic N) is 1. The second kappa shape index (κ2) is 4.87. The Hall–Kier alpha value is -1.36. The Kier molecular flexibility index (Phi) is 3.47. The van der Waals surface area contributed by atoms with Crippen molar-refractivity contribution in [1.82, 2.24) is 10.2 Å². The molecule has 1 aliphatic heterocycles. The fourth-order valence-corrected chi connectivity index (χ4v) is 2.03. The van der Waals surface area contributed by atoms with E-state index in [1.807, 2.05) is 13.0 Å². The molecule has 17 heavy (non-hydrogen) atoms. The molecule has 1 fully saturated rings. The number of ether oxygens (including phenoxy) is 1. The minimum Gasteiger partial charge on any atom is -0.365 e. The maximum atomic E-state index is 12.0. The summed E-state index contributed by atoms with van der Waals surface area (Å²) >= 11 is 0. The molecule has 0 radical (unpaired) electrons. The highest BCUT2D eigenvalue weighted by Crippen LogP contribution is 2.26. The smallest absolute Gasteiger partial charge is 0.257 e. The summed E-state index contributed by atoms with van der Waals surface area (Å²) in [7, 11) is 0. The second-order valence-electron chi connectivity index (χ2n) is 4.67. The van der Waals surface area contributed by atoms with Crippen LogP contribution < -0.4 is 5.32 Å². The quantitative estimate of drug-likeness (QED) is 0.840. The van der Waals surface area contributed by atoms with Gasteiger partial charge in [0.15, 0.2) is 5.82 Å². The molecule has 0 aliphatic carbocycles. The van der Waals surface area contributed by atoms with Gasteiger partial charge in [-0.15, -0.1) is 0 Å². The second-order valence-corrected chi connectivity index (χ2v) is 4.67. The lowest BCUT2D eigenvalue weighted by Gasteiger charge is -2.20. The predicted octanol–water partition coefficient (Wildman–Crippen LogP) is 1.87. The molecule has 1 aromatic heterocycles. The highest BCUT2D eigenvalue weighted by Gasteiger charge is 2.37. The van der Waals surface area contributed by atoms with Crippen LogP contribution in [0.5, 0.6) is 0 Å². The van der Waals surface area contributed by atoms with Crippen LogP contribution in [-0.4, -0.2) is 28.3 Å². The summed E-state index contributed by atoms with van der Waals surface area (Å²) in [6.07, 6.45) is 3.70. The molecule has 2 rings (SSSR count). The van der Waals surface area contributed by atoms with Crippen molar-refractivity contribution in [2.75, 3.05) is 11.9 Å². The number of rotatable bonds is 4. The normalized spacial score (nSPS) is 23.9. The van der Waals surface area contributed by atoms with Gasteiger partial charge in [0, 0.05) is 18.4 Å². The Balaban J connectivity index is 1.97. The summed E-state index contributed by atoms with van der Waals surface area (Å²) in [5.41, 5.74) is 0.351. The molecule has 5 nitrogen and oxygen atoms in total. The van der Waals surface area contributed by atoms with E-state index in [4.69, 9.17) is 4.74 Å². The van der Waals surface area contributed by atoms with E-state index in [0.717, 1.165) is 31.4 Å². The molecular weight excluding hydrogens is 218 g/mol. The number of hydrogen-bond acceptors (Lipinski definition) is 3. The number of anilines is 1. The lowest BCUT2D eigenvalue weighted by molar-refractivity contribution is -0.133. The van der Waals surface area contributed by atoms with Gasteiger partial charge in [0.25, 0.3) is 5.91 Å². The van der Waals surface area contributed by atoms with Crippen LogP contribution in [0.25, 0.3) is 0 Å². The van der Waals surface area contributed by atoms with Gasteiger partial charge >= 0.3 is 0 Å². The molecule has 0 aromatic carbocycles. The number of aryl methyl sites for hydroxylation is 1. The highest BCUT2D eigenvalue weighted by molar-refractivity contribution is 5.96. The number of aromatic nitrogens is 2. The van der Waals surface area contributed by atoms with Gasteiger partial charge in [-0.1, -0.05) is 13.3 Å². The maximum absolute atomic E-state index is 12.0. The summed E-state index contributed by atoms with van der Waals surface area (Å²) in [6, 6.07) is 1.87. The van der Waals surface area contributed by atoms with Crippen molar-refractivity contribution in [3.05, 3.63) is 11.8 Å². The molecule has 94 valence electrons. The van der Waals surface area contributed by atoms with Gasteiger partial charge in [-0.3, -0.25) is 9.89 Å². The molecule has 1 saturated heterocycles. The van der Waals surface area contributed by atoms with Gasteiger partial charge in [-0.25, -0.2) is 0 Å². The largest absolute Gasteiger partial charge is 0.365 e. The van der Waals surface area contributed by atoms with E-state index in [-0.39, 0.29) is 5.91 Å². The van der Waals surface area contributed by atoms with Crippen molar-refractivity contribution >= 4 is 11.7 Å². The number of aromatic amines is 1. The van der Waals surface area contributed by atoms with Gasteiger partial charge in [0.1, 0.15) is 5.60 Å². The summed E-state index contributed by atoms with van der Waals surface area (Å²) in [4.78, 5) is 12.0. The predicted molar refractivity (Wildman–Crippen MR) is 64.8 cm³/mol. The molecule has 1 unspecified atom stereocenters. The summed E-state index contributed by atoms with van der Waals surface area (Å²) in [5.74, 6) is 0.472. The minimum absolute atomic E-state index is 0.107. The molecule has 1 amide bonds. The third-order valence-corrected chi connectivity index (χ3v) is 3.09. The number of carbonyl (C=O) groups is 1. The maximum Gasteiger partial charge on any atom is 0.257 e. The molecule has 0 bridgehead atoms. The molecule has 2 N–H and O–H groups in total. The zero-order valence-electron chi connectivity index (χ0n) is 10.4. The third-order valence-electron chi connectivity index (χ3n) is 3.09. The molecule has 1 atom stereocenters. The van der Waals surface area contributed by atoms with Crippen molar-refractivity contribution in [2.45, 2.75) is 45.1 Å². The van der Waals surface area contributed by atoms with Gasteiger partial charge in [-0.05, 0) is 26.2 Å². The SMILES string of the molecule is CCCc1cc(NC(=O)C2(C)CCCO2)n[nH]1. The van der Waals surface area contributed by atoms with Crippen LogP contribution in [0.3, 0.4) is 0 Å². The molecule has 5 heteroatoms. The average molecular weight is 237 g/mol. The Bertz CT molecular complexity index is 394. The monoisotopic (exact) mass is 237 g/mol. The fourth-order valence-electron chi connectivity index (χ4n) is 2.03. The van der Waals surface area contributed by atoms with Crippen molar-refractivity contribution in [2.24, 2.45) is 0 Å². The van der Waals surface area contributed by atoms with E-state index in [2.05, 4.69) is 22.4 Å². The van der Waals surface area contributed by atoms with Crippen molar-refractivity contribution < 1.29 is 9.53 Å². The van der Waals surface area contributed by atoms with E-state index in [1.165, 1.54) is 0 Å². The zero-order chi connectivity index (χ0) is 12.3. The van der Waals surface area contributed by atoms with Crippen LogP contribution in [0.4, 0.5) is 5.82 Å². The molecule has 0 saturated carbocycles. The van der Waals surface area contributed by atoms with Crippen molar-refractivity contribution in [3.8, 4) is 0 Å². The average Bonchev–Trinajstić information content (AvgIpc) is 2.90. The van der Waals surface area contributed by atoms with E-state index in [0.29, 0.717) is 12.4 Å².